The van der Waals surface area contributed by atoms with Crippen LogP contribution in [0.15, 0.2) is 12.1 Å². The standard InChI is InChI=1S/C9H7F2N5O/c1-4-2-6(11)7(3-5(4)10)12-9(17)8-13-15-16-14-8/h2-3H,1H3,(H,12,17)(H,13,14,15,16). The van der Waals surface area contributed by atoms with Crippen molar-refractivity contribution in [2.45, 2.75) is 6.92 Å². The molecule has 0 aliphatic rings. The molecule has 6 nitrogen and oxygen atoms in total. The Hall–Kier alpha value is -2.38. The zero-order valence-electron chi connectivity index (χ0n) is 8.66. The molecule has 0 saturated heterocycles. The van der Waals surface area contributed by atoms with Gasteiger partial charge in [0.1, 0.15) is 11.6 Å². The number of anilines is 1. The number of hydrogen-bond acceptors (Lipinski definition) is 4. The molecule has 17 heavy (non-hydrogen) atoms. The molecule has 2 N–H and O–H groups in total. The fourth-order valence-electron chi connectivity index (χ4n) is 1.18. The normalized spacial score (nSPS) is 10.3. The van der Waals surface area contributed by atoms with Crippen molar-refractivity contribution in [2.75, 3.05) is 5.32 Å². The van der Waals surface area contributed by atoms with Crippen molar-refractivity contribution in [3.8, 4) is 0 Å². The van der Waals surface area contributed by atoms with E-state index in [2.05, 4.69) is 25.9 Å². The lowest BCUT2D eigenvalue weighted by molar-refractivity contribution is 0.101. The highest BCUT2D eigenvalue weighted by atomic mass is 19.1. The average molecular weight is 239 g/mol. The molecule has 2 aromatic rings. The van der Waals surface area contributed by atoms with Gasteiger partial charge >= 0.3 is 0 Å². The van der Waals surface area contributed by atoms with Gasteiger partial charge in [0.25, 0.3) is 11.7 Å². The van der Waals surface area contributed by atoms with Crippen LogP contribution in [0, 0.1) is 18.6 Å². The summed E-state index contributed by atoms with van der Waals surface area (Å²) in [5, 5.41) is 14.2. The molecule has 0 bridgehead atoms. The number of tetrazole rings is 1. The van der Waals surface area contributed by atoms with E-state index in [1.54, 1.807) is 0 Å². The SMILES string of the molecule is Cc1cc(F)c(NC(=O)c2nn[nH]n2)cc1F. The van der Waals surface area contributed by atoms with Crippen molar-refractivity contribution in [1.29, 1.82) is 0 Å². The molecule has 0 aliphatic heterocycles. The summed E-state index contributed by atoms with van der Waals surface area (Å²) in [6.07, 6.45) is 0. The number of hydrogen-bond donors (Lipinski definition) is 2. The molecule has 0 fully saturated rings. The van der Waals surface area contributed by atoms with Gasteiger partial charge in [0, 0.05) is 6.07 Å². The third-order valence-corrected chi connectivity index (χ3v) is 2.04. The highest BCUT2D eigenvalue weighted by molar-refractivity contribution is 6.01. The summed E-state index contributed by atoms with van der Waals surface area (Å²) < 4.78 is 26.6. The zero-order valence-corrected chi connectivity index (χ0v) is 8.66. The van der Waals surface area contributed by atoms with Gasteiger partial charge in [-0.25, -0.2) is 8.78 Å². The number of benzene rings is 1. The largest absolute Gasteiger partial charge is 0.316 e. The van der Waals surface area contributed by atoms with E-state index in [0.29, 0.717) is 0 Å². The van der Waals surface area contributed by atoms with Gasteiger partial charge in [-0.05, 0) is 23.8 Å². The van der Waals surface area contributed by atoms with E-state index in [0.717, 1.165) is 12.1 Å². The topological polar surface area (TPSA) is 83.6 Å². The van der Waals surface area contributed by atoms with Gasteiger partial charge in [-0.2, -0.15) is 5.21 Å². The molecule has 0 aliphatic carbocycles. The predicted molar refractivity (Wildman–Crippen MR) is 53.2 cm³/mol. The first kappa shape index (κ1) is 11.1. The summed E-state index contributed by atoms with van der Waals surface area (Å²) in [5.74, 6) is -2.39. The van der Waals surface area contributed by atoms with Gasteiger partial charge in [-0.1, -0.05) is 0 Å². The van der Waals surface area contributed by atoms with Crippen molar-refractivity contribution in [1.82, 2.24) is 20.6 Å². The Kier molecular flexibility index (Phi) is 2.77. The Morgan fingerprint density at radius 2 is 2.12 bits per heavy atom. The Labute approximate surface area is 94.0 Å². The highest BCUT2D eigenvalue weighted by Crippen LogP contribution is 2.19. The molecule has 0 unspecified atom stereocenters. The van der Waals surface area contributed by atoms with Gasteiger partial charge in [0.2, 0.25) is 0 Å². The Bertz CT molecular complexity index is 555. The Balaban J connectivity index is 2.25. The van der Waals surface area contributed by atoms with Crippen LogP contribution in [0.2, 0.25) is 0 Å². The minimum atomic E-state index is -0.777. The first-order valence-electron chi connectivity index (χ1n) is 4.58. The number of H-pyrrole nitrogens is 1. The minimum Gasteiger partial charge on any atom is -0.316 e. The van der Waals surface area contributed by atoms with Crippen LogP contribution in [0.5, 0.6) is 0 Å². The van der Waals surface area contributed by atoms with Crippen LogP contribution in [0.1, 0.15) is 16.2 Å². The molecule has 1 aromatic heterocycles. The number of carbonyl (C=O) groups is 1. The second kappa shape index (κ2) is 4.24. The minimum absolute atomic E-state index is 0.153. The van der Waals surface area contributed by atoms with E-state index >= 15 is 0 Å². The predicted octanol–water partition coefficient (Wildman–Crippen LogP) is 1.04. The number of halogens is 2. The van der Waals surface area contributed by atoms with E-state index < -0.39 is 17.5 Å². The Morgan fingerprint density at radius 3 is 2.76 bits per heavy atom. The van der Waals surface area contributed by atoms with Crippen LogP contribution in [-0.4, -0.2) is 26.5 Å². The molecule has 0 radical (unpaired) electrons. The van der Waals surface area contributed by atoms with E-state index in [9.17, 15) is 13.6 Å². The van der Waals surface area contributed by atoms with Crippen molar-refractivity contribution in [3.63, 3.8) is 0 Å². The second-order valence-electron chi connectivity index (χ2n) is 3.27. The van der Waals surface area contributed by atoms with E-state index in [1.165, 1.54) is 6.92 Å². The number of aromatic amines is 1. The summed E-state index contributed by atoms with van der Waals surface area (Å²) in [6.45, 7) is 1.42. The molecule has 0 atom stereocenters. The highest BCUT2D eigenvalue weighted by Gasteiger charge is 2.14. The molecule has 8 heteroatoms. The maximum atomic E-state index is 13.4. The molecular formula is C9H7F2N5O. The number of aromatic nitrogens is 4. The molecule has 1 heterocycles. The summed E-state index contributed by atoms with van der Waals surface area (Å²) in [7, 11) is 0. The average Bonchev–Trinajstić information content (AvgIpc) is 2.79. The lowest BCUT2D eigenvalue weighted by Crippen LogP contribution is -2.15. The van der Waals surface area contributed by atoms with Crippen LogP contribution in [0.4, 0.5) is 14.5 Å². The van der Waals surface area contributed by atoms with Gasteiger partial charge in [-0.15, -0.1) is 10.2 Å². The van der Waals surface area contributed by atoms with Crippen LogP contribution in [0.25, 0.3) is 0 Å². The molecule has 1 amide bonds. The fraction of sp³-hybridized carbons (Fsp3) is 0.111. The van der Waals surface area contributed by atoms with Gasteiger partial charge in [-0.3, -0.25) is 4.79 Å². The summed E-state index contributed by atoms with van der Waals surface area (Å²) in [4.78, 5) is 11.4. The molecule has 1 aromatic carbocycles. The lowest BCUT2D eigenvalue weighted by Gasteiger charge is -2.05. The van der Waals surface area contributed by atoms with E-state index in [-0.39, 0.29) is 17.1 Å². The van der Waals surface area contributed by atoms with Crippen LogP contribution in [-0.2, 0) is 0 Å². The first-order valence-corrected chi connectivity index (χ1v) is 4.58. The molecule has 88 valence electrons. The molecule has 0 saturated carbocycles. The smallest absolute Gasteiger partial charge is 0.297 e. The summed E-state index contributed by atoms with van der Waals surface area (Å²) in [6, 6.07) is 1.88. The molecule has 0 spiro atoms. The van der Waals surface area contributed by atoms with Crippen LogP contribution in [0.3, 0.4) is 0 Å². The number of rotatable bonds is 2. The quantitative estimate of drug-likeness (QED) is 0.820. The zero-order chi connectivity index (χ0) is 12.4. The van der Waals surface area contributed by atoms with Gasteiger partial charge in [0.15, 0.2) is 0 Å². The summed E-state index contributed by atoms with van der Waals surface area (Å²) in [5.41, 5.74) is -0.122. The van der Waals surface area contributed by atoms with Crippen molar-refractivity contribution >= 4 is 11.6 Å². The monoisotopic (exact) mass is 239 g/mol. The number of nitrogens with one attached hydrogen (secondary N) is 2. The number of carbonyl (C=O) groups excluding carboxylic acids is 1. The molecule has 2 rings (SSSR count). The maximum Gasteiger partial charge on any atom is 0.297 e. The van der Waals surface area contributed by atoms with Crippen LogP contribution < -0.4 is 5.32 Å². The van der Waals surface area contributed by atoms with Gasteiger partial charge in [0.05, 0.1) is 5.69 Å². The van der Waals surface area contributed by atoms with Crippen molar-refractivity contribution in [2.24, 2.45) is 0 Å². The second-order valence-corrected chi connectivity index (χ2v) is 3.27. The number of amides is 1. The molecular weight excluding hydrogens is 232 g/mol. The maximum absolute atomic E-state index is 13.4. The van der Waals surface area contributed by atoms with Crippen LogP contribution >= 0.6 is 0 Å². The van der Waals surface area contributed by atoms with E-state index in [4.69, 9.17) is 0 Å². The third-order valence-electron chi connectivity index (χ3n) is 2.04. The number of nitrogens with zero attached hydrogens (tertiary/aromatic N) is 3. The third kappa shape index (κ3) is 2.25. The first-order chi connectivity index (χ1) is 8.08. The van der Waals surface area contributed by atoms with Crippen molar-refractivity contribution in [3.05, 3.63) is 35.2 Å². The summed E-state index contributed by atoms with van der Waals surface area (Å²) >= 11 is 0. The van der Waals surface area contributed by atoms with Gasteiger partial charge < -0.3 is 5.32 Å². The van der Waals surface area contributed by atoms with Crippen molar-refractivity contribution < 1.29 is 13.6 Å². The Morgan fingerprint density at radius 1 is 1.35 bits per heavy atom. The number of aryl methyl sites for hydroxylation is 1. The fourth-order valence-corrected chi connectivity index (χ4v) is 1.18. The van der Waals surface area contributed by atoms with E-state index in [1.807, 2.05) is 0 Å². The lowest BCUT2D eigenvalue weighted by atomic mass is 10.2.